The van der Waals surface area contributed by atoms with Gasteiger partial charge in [-0.1, -0.05) is 29.8 Å². The van der Waals surface area contributed by atoms with Crippen molar-refractivity contribution in [2.45, 2.75) is 0 Å². The molecule has 0 spiro atoms. The number of nitrogens with zero attached hydrogens (tertiary/aromatic N) is 3. The molecule has 3 nitrogen and oxygen atoms in total. The zero-order valence-corrected chi connectivity index (χ0v) is 14.6. The molecule has 0 saturated heterocycles. The summed E-state index contributed by atoms with van der Waals surface area (Å²) >= 11 is 9.18. The highest BCUT2D eigenvalue weighted by atomic mass is 35.5. The lowest BCUT2D eigenvalue weighted by Gasteiger charge is -2.03. The fourth-order valence-corrected chi connectivity index (χ4v) is 3.54. The lowest BCUT2D eigenvalue weighted by molar-refractivity contribution is 0.840. The Morgan fingerprint density at radius 2 is 2.00 bits per heavy atom. The topological polar surface area (TPSA) is 29.6 Å². The second-order valence-electron chi connectivity index (χ2n) is 4.65. The van der Waals surface area contributed by atoms with Crippen LogP contribution in [0, 0.1) is 0 Å². The van der Waals surface area contributed by atoms with Gasteiger partial charge in [-0.25, -0.2) is 4.68 Å². The second-order valence-corrected chi connectivity index (χ2v) is 6.71. The molecule has 0 atom stereocenters. The van der Waals surface area contributed by atoms with Crippen LogP contribution in [-0.2, 0) is 0 Å². The molecule has 0 radical (unpaired) electrons. The number of rotatable bonds is 5. The molecule has 0 amide bonds. The van der Waals surface area contributed by atoms with Gasteiger partial charge in [0.15, 0.2) is 0 Å². The van der Waals surface area contributed by atoms with Gasteiger partial charge in [0.1, 0.15) is 0 Å². The molecule has 0 aliphatic rings. The quantitative estimate of drug-likeness (QED) is 0.458. The maximum absolute atomic E-state index is 5.98. The Kier molecular flexibility index (Phi) is 5.23. The molecule has 3 aromatic rings. The molecule has 2 aromatic heterocycles. The zero-order chi connectivity index (χ0) is 16.1. The summed E-state index contributed by atoms with van der Waals surface area (Å²) in [7, 11) is 0. The van der Waals surface area contributed by atoms with Gasteiger partial charge in [0, 0.05) is 21.5 Å². The zero-order valence-electron chi connectivity index (χ0n) is 12.2. The summed E-state index contributed by atoms with van der Waals surface area (Å²) in [6.07, 6.45) is 3.62. The first-order valence-corrected chi connectivity index (χ1v) is 9.12. The highest BCUT2D eigenvalue weighted by molar-refractivity contribution is 7.08. The predicted octanol–water partition coefficient (Wildman–Crippen LogP) is 4.90. The van der Waals surface area contributed by atoms with Crippen molar-refractivity contribution >= 4 is 40.5 Å². The standard InChI is InChI=1S/C17H14ClN3S2/c1-2-8-19-17-21(20-10-13-7-9-22-11-13)16(12-23-17)14-3-5-15(18)6-4-14/h2-7,9-12H,1,8H2/b19-17?,20-10+. The Bertz CT molecular complexity index is 871. The van der Waals surface area contributed by atoms with Crippen molar-refractivity contribution in [3.63, 3.8) is 0 Å². The van der Waals surface area contributed by atoms with Gasteiger partial charge in [0.05, 0.1) is 18.5 Å². The molecule has 6 heteroatoms. The smallest absolute Gasteiger partial charge is 0.206 e. The first-order chi connectivity index (χ1) is 11.3. The molecular weight excluding hydrogens is 346 g/mol. The van der Waals surface area contributed by atoms with Gasteiger partial charge in [-0.05, 0) is 29.0 Å². The highest BCUT2D eigenvalue weighted by Gasteiger charge is 2.07. The molecular formula is C17H14ClN3S2. The van der Waals surface area contributed by atoms with Crippen LogP contribution in [0.1, 0.15) is 5.56 Å². The third-order valence-corrected chi connectivity index (χ3v) is 4.85. The van der Waals surface area contributed by atoms with Crippen LogP contribution in [0.5, 0.6) is 0 Å². The van der Waals surface area contributed by atoms with Gasteiger partial charge in [0.2, 0.25) is 4.80 Å². The molecule has 0 bridgehead atoms. The van der Waals surface area contributed by atoms with E-state index in [9.17, 15) is 0 Å². The fraction of sp³-hybridized carbons (Fsp3) is 0.0588. The van der Waals surface area contributed by atoms with Crippen LogP contribution in [0.25, 0.3) is 11.3 Å². The predicted molar refractivity (Wildman–Crippen MR) is 101 cm³/mol. The van der Waals surface area contributed by atoms with E-state index >= 15 is 0 Å². The molecule has 0 fully saturated rings. The summed E-state index contributed by atoms with van der Waals surface area (Å²) in [6, 6.07) is 9.75. The summed E-state index contributed by atoms with van der Waals surface area (Å²) in [4.78, 5) is 5.35. The Hall–Kier alpha value is -1.95. The highest BCUT2D eigenvalue weighted by Crippen LogP contribution is 2.22. The number of hydrogen-bond donors (Lipinski definition) is 0. The van der Waals surface area contributed by atoms with Crippen molar-refractivity contribution in [2.75, 3.05) is 6.54 Å². The molecule has 1 aromatic carbocycles. The van der Waals surface area contributed by atoms with Gasteiger partial charge in [-0.15, -0.1) is 17.9 Å². The number of hydrogen-bond acceptors (Lipinski definition) is 4. The Balaban J connectivity index is 2.07. The lowest BCUT2D eigenvalue weighted by Crippen LogP contribution is -2.12. The third-order valence-electron chi connectivity index (χ3n) is 3.05. The maximum Gasteiger partial charge on any atom is 0.206 e. The molecule has 2 heterocycles. The summed E-state index contributed by atoms with van der Waals surface area (Å²) in [5.74, 6) is 0. The molecule has 0 unspecified atom stereocenters. The first-order valence-electron chi connectivity index (χ1n) is 6.92. The van der Waals surface area contributed by atoms with Crippen LogP contribution in [-0.4, -0.2) is 17.4 Å². The Labute approximate surface area is 147 Å². The van der Waals surface area contributed by atoms with E-state index < -0.39 is 0 Å². The normalized spacial score (nSPS) is 12.1. The van der Waals surface area contributed by atoms with Crippen LogP contribution in [0.3, 0.4) is 0 Å². The van der Waals surface area contributed by atoms with Crippen molar-refractivity contribution in [3.05, 3.63) is 74.5 Å². The molecule has 0 aliphatic carbocycles. The van der Waals surface area contributed by atoms with E-state index in [2.05, 4.69) is 27.4 Å². The van der Waals surface area contributed by atoms with Gasteiger partial charge in [-0.3, -0.25) is 4.99 Å². The lowest BCUT2D eigenvalue weighted by atomic mass is 10.2. The molecule has 23 heavy (non-hydrogen) atoms. The van der Waals surface area contributed by atoms with Crippen LogP contribution in [0.4, 0.5) is 0 Å². The Morgan fingerprint density at radius 3 is 2.70 bits per heavy atom. The monoisotopic (exact) mass is 359 g/mol. The third kappa shape index (κ3) is 3.88. The van der Waals surface area contributed by atoms with Crippen LogP contribution in [0.15, 0.2) is 69.2 Å². The molecule has 3 rings (SSSR count). The summed E-state index contributed by atoms with van der Waals surface area (Å²) in [6.45, 7) is 4.28. The van der Waals surface area contributed by atoms with Gasteiger partial charge in [0.25, 0.3) is 0 Å². The molecule has 116 valence electrons. The maximum atomic E-state index is 5.98. The fourth-order valence-electron chi connectivity index (χ4n) is 1.95. The minimum atomic E-state index is 0.564. The molecule has 0 aliphatic heterocycles. The molecule has 0 N–H and O–H groups in total. The minimum absolute atomic E-state index is 0.564. The van der Waals surface area contributed by atoms with E-state index in [0.29, 0.717) is 11.6 Å². The largest absolute Gasteiger partial charge is 0.253 e. The van der Waals surface area contributed by atoms with Crippen molar-refractivity contribution in [2.24, 2.45) is 10.1 Å². The summed E-state index contributed by atoms with van der Waals surface area (Å²) < 4.78 is 1.86. The van der Waals surface area contributed by atoms with Crippen LogP contribution in [0.2, 0.25) is 5.02 Å². The van der Waals surface area contributed by atoms with Gasteiger partial charge in [-0.2, -0.15) is 16.4 Å². The second kappa shape index (κ2) is 7.55. The Morgan fingerprint density at radius 1 is 1.17 bits per heavy atom. The molecule has 0 saturated carbocycles. The van der Waals surface area contributed by atoms with Crippen LogP contribution >= 0.6 is 34.3 Å². The number of thiazole rings is 1. The average Bonchev–Trinajstić information content (AvgIpc) is 3.21. The van der Waals surface area contributed by atoms with E-state index in [4.69, 9.17) is 11.6 Å². The van der Waals surface area contributed by atoms with E-state index in [0.717, 1.165) is 21.6 Å². The van der Waals surface area contributed by atoms with Crippen LogP contribution < -0.4 is 4.80 Å². The number of thiophene rings is 1. The SMILES string of the molecule is C=CCN=c1scc(-c2ccc(Cl)cc2)n1/N=C/c1ccsc1. The summed E-state index contributed by atoms with van der Waals surface area (Å²) in [5, 5.41) is 11.5. The van der Waals surface area contributed by atoms with Gasteiger partial charge < -0.3 is 0 Å². The number of benzene rings is 1. The van der Waals surface area contributed by atoms with Crippen molar-refractivity contribution < 1.29 is 0 Å². The number of aromatic nitrogens is 1. The average molecular weight is 360 g/mol. The van der Waals surface area contributed by atoms with Crippen molar-refractivity contribution in [1.82, 2.24) is 4.68 Å². The van der Waals surface area contributed by atoms with E-state index in [-0.39, 0.29) is 0 Å². The summed E-state index contributed by atoms with van der Waals surface area (Å²) in [5.41, 5.74) is 3.11. The number of halogens is 1. The van der Waals surface area contributed by atoms with E-state index in [1.165, 1.54) is 0 Å². The van der Waals surface area contributed by atoms with Gasteiger partial charge >= 0.3 is 0 Å². The van der Waals surface area contributed by atoms with E-state index in [1.54, 1.807) is 28.7 Å². The van der Waals surface area contributed by atoms with E-state index in [1.807, 2.05) is 46.6 Å². The first kappa shape index (κ1) is 15.9. The minimum Gasteiger partial charge on any atom is -0.253 e. The van der Waals surface area contributed by atoms with Crippen molar-refractivity contribution in [1.29, 1.82) is 0 Å². The van der Waals surface area contributed by atoms with Crippen molar-refractivity contribution in [3.8, 4) is 11.3 Å².